The Hall–Kier alpha value is -0.0600. The lowest BCUT2D eigenvalue weighted by atomic mass is 9.61. The third-order valence-electron chi connectivity index (χ3n) is 4.56. The smallest absolute Gasteiger partial charge is 0.148 e. The number of ether oxygens (including phenoxy) is 1. The number of nitrogens with one attached hydrogen (secondary N) is 1. The second-order valence-electron chi connectivity index (χ2n) is 5.76. The molecule has 0 spiro atoms. The maximum Gasteiger partial charge on any atom is 0.148 e. The summed E-state index contributed by atoms with van der Waals surface area (Å²) in [6.45, 7) is 7.89. The van der Waals surface area contributed by atoms with Crippen LogP contribution in [0.2, 0.25) is 0 Å². The highest BCUT2D eigenvalue weighted by Gasteiger charge is 2.52. The van der Waals surface area contributed by atoms with Crippen molar-refractivity contribution in [2.75, 3.05) is 6.54 Å². The number of hydrogen-bond donors (Lipinski definition) is 1. The molecule has 1 aromatic carbocycles. The van der Waals surface area contributed by atoms with Crippen LogP contribution in [0.4, 0.5) is 0 Å². The van der Waals surface area contributed by atoms with Crippen LogP contribution in [0.15, 0.2) is 27.1 Å². The molecule has 1 aliphatic rings. The van der Waals surface area contributed by atoms with Gasteiger partial charge in [-0.15, -0.1) is 0 Å². The second-order valence-corrected chi connectivity index (χ2v) is 7.47. The molecule has 0 amide bonds. The summed E-state index contributed by atoms with van der Waals surface area (Å²) < 4.78 is 8.31. The molecule has 3 unspecified atom stereocenters. The molecule has 0 aromatic heterocycles. The summed E-state index contributed by atoms with van der Waals surface area (Å²) in [5.41, 5.74) is 0.212. The fraction of sp³-hybridized carbons (Fsp3) is 0.625. The van der Waals surface area contributed by atoms with Gasteiger partial charge >= 0.3 is 0 Å². The lowest BCUT2D eigenvalue weighted by Crippen LogP contribution is -2.63. The molecule has 1 aromatic rings. The predicted octanol–water partition coefficient (Wildman–Crippen LogP) is 5.15. The first-order valence-corrected chi connectivity index (χ1v) is 8.95. The highest BCUT2D eigenvalue weighted by Crippen LogP contribution is 2.47. The van der Waals surface area contributed by atoms with Crippen molar-refractivity contribution in [1.29, 1.82) is 0 Å². The average molecular weight is 405 g/mol. The molecule has 0 aliphatic heterocycles. The van der Waals surface area contributed by atoms with Gasteiger partial charge in [0.1, 0.15) is 11.9 Å². The second kappa shape index (κ2) is 6.80. The zero-order valence-electron chi connectivity index (χ0n) is 12.4. The highest BCUT2D eigenvalue weighted by atomic mass is 79.9. The largest absolute Gasteiger partial charge is 0.487 e. The minimum atomic E-state index is 0.212. The molecule has 20 heavy (non-hydrogen) atoms. The van der Waals surface area contributed by atoms with Crippen LogP contribution in [0.25, 0.3) is 0 Å². The summed E-state index contributed by atoms with van der Waals surface area (Å²) >= 11 is 7.15. The van der Waals surface area contributed by atoms with Gasteiger partial charge in [-0.1, -0.05) is 26.8 Å². The lowest BCUT2D eigenvalue weighted by molar-refractivity contribution is -0.0708. The first-order chi connectivity index (χ1) is 9.52. The van der Waals surface area contributed by atoms with Crippen molar-refractivity contribution in [1.82, 2.24) is 5.32 Å². The van der Waals surface area contributed by atoms with Gasteiger partial charge in [0, 0.05) is 17.9 Å². The molecule has 1 aliphatic carbocycles. The molecule has 0 radical (unpaired) electrons. The molecular formula is C16H23Br2NO. The van der Waals surface area contributed by atoms with Gasteiger partial charge in [0.2, 0.25) is 0 Å². The first-order valence-electron chi connectivity index (χ1n) is 7.37. The summed E-state index contributed by atoms with van der Waals surface area (Å²) in [6, 6.07) is 6.62. The maximum absolute atomic E-state index is 6.29. The summed E-state index contributed by atoms with van der Waals surface area (Å²) in [6.07, 6.45) is 3.66. The first kappa shape index (κ1) is 16.3. The van der Waals surface area contributed by atoms with E-state index in [2.05, 4.69) is 57.9 Å². The normalized spacial score (nSPS) is 29.1. The van der Waals surface area contributed by atoms with E-state index < -0.39 is 0 Å². The number of hydrogen-bond acceptors (Lipinski definition) is 2. The van der Waals surface area contributed by atoms with Crippen molar-refractivity contribution in [3.63, 3.8) is 0 Å². The molecular weight excluding hydrogens is 382 g/mol. The average Bonchev–Trinajstić information content (AvgIpc) is 2.43. The molecule has 1 fully saturated rings. The molecule has 4 heteroatoms. The molecule has 2 nitrogen and oxygen atoms in total. The number of halogens is 2. The Balaban J connectivity index is 2.07. The molecule has 0 heterocycles. The fourth-order valence-electron chi connectivity index (χ4n) is 2.85. The lowest BCUT2D eigenvalue weighted by Gasteiger charge is -2.53. The van der Waals surface area contributed by atoms with Gasteiger partial charge in [-0.3, -0.25) is 0 Å². The molecule has 1 saturated carbocycles. The van der Waals surface area contributed by atoms with E-state index in [9.17, 15) is 0 Å². The van der Waals surface area contributed by atoms with Crippen LogP contribution in [0.3, 0.4) is 0 Å². The van der Waals surface area contributed by atoms with Gasteiger partial charge in [0.05, 0.1) is 8.95 Å². The predicted molar refractivity (Wildman–Crippen MR) is 91.4 cm³/mol. The Morgan fingerprint density at radius 1 is 1.30 bits per heavy atom. The summed E-state index contributed by atoms with van der Waals surface area (Å²) in [5.74, 6) is 0.922. The molecule has 0 saturated heterocycles. The van der Waals surface area contributed by atoms with Crippen molar-refractivity contribution in [2.24, 2.45) is 5.41 Å². The summed E-state index contributed by atoms with van der Waals surface area (Å²) in [4.78, 5) is 0. The van der Waals surface area contributed by atoms with Crippen LogP contribution in [0, 0.1) is 5.41 Å². The fourth-order valence-corrected chi connectivity index (χ4v) is 4.03. The van der Waals surface area contributed by atoms with Crippen molar-refractivity contribution in [3.8, 4) is 5.75 Å². The van der Waals surface area contributed by atoms with Crippen LogP contribution in [0.5, 0.6) is 5.75 Å². The molecule has 3 atom stereocenters. The van der Waals surface area contributed by atoms with E-state index in [4.69, 9.17) is 4.74 Å². The third-order valence-corrected chi connectivity index (χ3v) is 5.81. The van der Waals surface area contributed by atoms with Crippen LogP contribution >= 0.6 is 31.9 Å². The minimum absolute atomic E-state index is 0.212. The topological polar surface area (TPSA) is 21.3 Å². The molecule has 112 valence electrons. The quantitative estimate of drug-likeness (QED) is 0.707. The standard InChI is InChI=1S/C16H23Br2NO/c1-4-9-19-13-10-14(16(13,3)5-2)20-15-11(17)7-6-8-12(15)18/h6-8,13-14,19H,4-5,9-10H2,1-3H3. The maximum atomic E-state index is 6.29. The van der Waals surface area contributed by atoms with E-state index in [1.54, 1.807) is 0 Å². The van der Waals surface area contributed by atoms with Crippen LogP contribution in [-0.2, 0) is 0 Å². The van der Waals surface area contributed by atoms with Gasteiger partial charge in [-0.25, -0.2) is 0 Å². The Bertz CT molecular complexity index is 446. The van der Waals surface area contributed by atoms with Gasteiger partial charge in [0.15, 0.2) is 0 Å². The zero-order chi connectivity index (χ0) is 14.8. The molecule has 2 rings (SSSR count). The van der Waals surface area contributed by atoms with Crippen molar-refractivity contribution >= 4 is 31.9 Å². The van der Waals surface area contributed by atoms with E-state index >= 15 is 0 Å². The monoisotopic (exact) mass is 403 g/mol. The minimum Gasteiger partial charge on any atom is -0.487 e. The van der Waals surface area contributed by atoms with Gasteiger partial charge in [-0.2, -0.15) is 0 Å². The van der Waals surface area contributed by atoms with Crippen molar-refractivity contribution in [2.45, 2.75) is 52.2 Å². The summed E-state index contributed by atoms with van der Waals surface area (Å²) in [7, 11) is 0. The van der Waals surface area contributed by atoms with E-state index in [-0.39, 0.29) is 11.5 Å². The third kappa shape index (κ3) is 3.07. The van der Waals surface area contributed by atoms with Crippen LogP contribution in [0.1, 0.15) is 40.0 Å². The van der Waals surface area contributed by atoms with Gasteiger partial charge < -0.3 is 10.1 Å². The van der Waals surface area contributed by atoms with Crippen molar-refractivity contribution < 1.29 is 4.74 Å². The van der Waals surface area contributed by atoms with Gasteiger partial charge in [-0.05, 0) is 63.4 Å². The molecule has 0 bridgehead atoms. The Morgan fingerprint density at radius 3 is 2.50 bits per heavy atom. The number of benzene rings is 1. The SMILES string of the molecule is CCCNC1CC(Oc2c(Br)cccc2Br)C1(C)CC. The Labute approximate surface area is 138 Å². The van der Waals surface area contributed by atoms with Gasteiger partial charge in [0.25, 0.3) is 0 Å². The highest BCUT2D eigenvalue weighted by molar-refractivity contribution is 9.11. The Morgan fingerprint density at radius 2 is 1.95 bits per heavy atom. The van der Waals surface area contributed by atoms with E-state index in [1.165, 1.54) is 6.42 Å². The Kier molecular flexibility index (Phi) is 5.55. The van der Waals surface area contributed by atoms with E-state index in [1.807, 2.05) is 18.2 Å². The number of rotatable bonds is 6. The van der Waals surface area contributed by atoms with Crippen LogP contribution < -0.4 is 10.1 Å². The number of para-hydroxylation sites is 1. The summed E-state index contributed by atoms with van der Waals surface area (Å²) in [5, 5.41) is 3.65. The van der Waals surface area contributed by atoms with Crippen molar-refractivity contribution in [3.05, 3.63) is 27.1 Å². The molecule has 1 N–H and O–H groups in total. The van der Waals surface area contributed by atoms with E-state index in [0.717, 1.165) is 34.1 Å². The van der Waals surface area contributed by atoms with E-state index in [0.29, 0.717) is 6.04 Å². The zero-order valence-corrected chi connectivity index (χ0v) is 15.6. The van der Waals surface area contributed by atoms with Crippen LogP contribution in [-0.4, -0.2) is 18.7 Å².